The first-order chi connectivity index (χ1) is 10.5. The average Bonchev–Trinajstić information content (AvgIpc) is 2.45. The van der Waals surface area contributed by atoms with Gasteiger partial charge >= 0.3 is 0 Å². The van der Waals surface area contributed by atoms with Crippen molar-refractivity contribution in [2.75, 3.05) is 25.0 Å². The number of amides is 2. The largest absolute Gasteiger partial charge is 0.629 e. The maximum atomic E-state index is 11.9. The van der Waals surface area contributed by atoms with Crippen LogP contribution in [-0.4, -0.2) is 36.9 Å². The van der Waals surface area contributed by atoms with E-state index < -0.39 is 0 Å². The van der Waals surface area contributed by atoms with Gasteiger partial charge in [0.15, 0.2) is 0 Å². The van der Waals surface area contributed by atoms with E-state index in [4.69, 9.17) is 0 Å². The van der Waals surface area contributed by atoms with Crippen molar-refractivity contribution < 1.29 is 14.7 Å². The molecule has 1 saturated heterocycles. The fraction of sp³-hybridized carbons (Fsp3) is 0.533. The van der Waals surface area contributed by atoms with Gasteiger partial charge in [0.25, 0.3) is 0 Å². The molecule has 0 saturated carbocycles. The number of nitrogens with one attached hydrogen (secondary N) is 2. The summed E-state index contributed by atoms with van der Waals surface area (Å²) in [6, 6.07) is 1.78. The van der Waals surface area contributed by atoms with E-state index in [1.54, 1.807) is 6.07 Å². The number of hydrogen-bond acceptors (Lipinski definition) is 5. The lowest BCUT2D eigenvalue weighted by Gasteiger charge is -2.26. The van der Waals surface area contributed by atoms with Crippen molar-refractivity contribution in [2.45, 2.75) is 32.6 Å². The topological polar surface area (TPSA) is 89.8 Å². The molecule has 0 aromatic carbocycles. The Balaban J connectivity index is 2.20. The molecule has 1 unspecified atom stereocenters. The fourth-order valence-electron chi connectivity index (χ4n) is 2.55. The first kappa shape index (κ1) is 16.4. The van der Waals surface area contributed by atoms with E-state index in [0.29, 0.717) is 24.5 Å². The molecule has 7 nitrogen and oxygen atoms in total. The molecule has 1 aliphatic rings. The van der Waals surface area contributed by atoms with Crippen molar-refractivity contribution in [3.63, 3.8) is 0 Å². The summed E-state index contributed by atoms with van der Waals surface area (Å²) in [7, 11) is 1.50. The predicted octanol–water partition coefficient (Wildman–Crippen LogP) is 0.0572. The third kappa shape index (κ3) is 4.25. The van der Waals surface area contributed by atoms with Crippen molar-refractivity contribution in [3.8, 4) is 0 Å². The lowest BCUT2D eigenvalue weighted by molar-refractivity contribution is -0.751. The van der Waals surface area contributed by atoms with Crippen LogP contribution >= 0.6 is 0 Å². The molecule has 1 fully saturated rings. The van der Waals surface area contributed by atoms with Gasteiger partial charge in [0.05, 0.1) is 19.8 Å². The molecule has 1 aromatic heterocycles. The summed E-state index contributed by atoms with van der Waals surface area (Å²) in [4.78, 5) is 29.7. The van der Waals surface area contributed by atoms with Crippen molar-refractivity contribution in [3.05, 3.63) is 23.0 Å². The Bertz CT molecular complexity index is 560. The Kier molecular flexibility index (Phi) is 5.46. The van der Waals surface area contributed by atoms with E-state index in [1.165, 1.54) is 13.2 Å². The molecule has 1 atom stereocenters. The molecule has 2 heterocycles. The average molecular weight is 306 g/mol. The molecule has 2 N–H and O–H groups in total. The van der Waals surface area contributed by atoms with E-state index >= 15 is 0 Å². The zero-order chi connectivity index (χ0) is 16.1. The molecule has 0 spiro atoms. The third-order valence-electron chi connectivity index (χ3n) is 3.70. The predicted molar refractivity (Wildman–Crippen MR) is 82.7 cm³/mol. The second-order valence-corrected chi connectivity index (χ2v) is 5.62. The van der Waals surface area contributed by atoms with Gasteiger partial charge in [-0.2, -0.15) is 0 Å². The standard InChI is InChI=1S/C15H22N4O3/c1-11-8-12(18(2)22)9-16-15(11)19-7-5-3-4-6-13(20)17-14(21)10-19/h8-9,18H,3-7,10H2,1-2H3,(H,17,20,21). The van der Waals surface area contributed by atoms with Crippen molar-refractivity contribution in [2.24, 2.45) is 0 Å². The van der Waals surface area contributed by atoms with Crippen LogP contribution in [0.2, 0.25) is 0 Å². The van der Waals surface area contributed by atoms with Crippen LogP contribution in [0.5, 0.6) is 0 Å². The zero-order valence-corrected chi connectivity index (χ0v) is 13.0. The number of anilines is 1. The van der Waals surface area contributed by atoms with E-state index in [0.717, 1.165) is 24.8 Å². The van der Waals surface area contributed by atoms with Gasteiger partial charge in [-0.25, -0.2) is 4.98 Å². The number of quaternary nitrogens is 1. The highest BCUT2D eigenvalue weighted by Gasteiger charge is 2.18. The van der Waals surface area contributed by atoms with E-state index in [1.807, 2.05) is 11.8 Å². The number of hydrogen-bond donors (Lipinski definition) is 2. The summed E-state index contributed by atoms with van der Waals surface area (Å²) in [5.41, 5.74) is 1.41. The molecule has 7 heteroatoms. The number of aromatic nitrogens is 1. The van der Waals surface area contributed by atoms with E-state index in [-0.39, 0.29) is 23.4 Å². The number of aryl methyl sites for hydroxylation is 1. The molecule has 0 bridgehead atoms. The second-order valence-electron chi connectivity index (χ2n) is 5.62. The Hall–Kier alpha value is -1.99. The molecule has 1 aliphatic heterocycles. The Morgan fingerprint density at radius 1 is 1.27 bits per heavy atom. The fourth-order valence-corrected chi connectivity index (χ4v) is 2.55. The second kappa shape index (κ2) is 7.33. The molecular formula is C15H22N4O3. The van der Waals surface area contributed by atoms with Gasteiger partial charge in [0, 0.05) is 19.0 Å². The van der Waals surface area contributed by atoms with Gasteiger partial charge in [-0.05, 0) is 25.3 Å². The van der Waals surface area contributed by atoms with Crippen LogP contribution in [0.25, 0.3) is 0 Å². The number of pyridine rings is 1. The van der Waals surface area contributed by atoms with Gasteiger partial charge in [-0.3, -0.25) is 14.9 Å². The lowest BCUT2D eigenvalue weighted by atomic mass is 10.1. The normalized spacial score (nSPS) is 18.8. The quantitative estimate of drug-likeness (QED) is 0.595. The van der Waals surface area contributed by atoms with Crippen LogP contribution in [0.1, 0.15) is 31.2 Å². The summed E-state index contributed by atoms with van der Waals surface area (Å²) in [6.07, 6.45) is 4.55. The van der Waals surface area contributed by atoms with Crippen molar-refractivity contribution in [1.29, 1.82) is 0 Å². The maximum Gasteiger partial charge on any atom is 0.246 e. The Morgan fingerprint density at radius 3 is 2.73 bits per heavy atom. The van der Waals surface area contributed by atoms with Crippen LogP contribution in [0, 0.1) is 12.1 Å². The molecule has 1 aromatic rings. The van der Waals surface area contributed by atoms with Crippen molar-refractivity contribution in [1.82, 2.24) is 10.3 Å². The number of carbonyl (C=O) groups is 2. The molecule has 120 valence electrons. The van der Waals surface area contributed by atoms with Gasteiger partial charge in [0.2, 0.25) is 11.8 Å². The molecule has 0 aliphatic carbocycles. The van der Waals surface area contributed by atoms with Crippen LogP contribution in [0.3, 0.4) is 0 Å². The minimum absolute atomic E-state index is 0.0357. The first-order valence-corrected chi connectivity index (χ1v) is 7.52. The highest BCUT2D eigenvalue weighted by Crippen LogP contribution is 2.20. The molecular weight excluding hydrogens is 284 g/mol. The van der Waals surface area contributed by atoms with Gasteiger partial charge < -0.3 is 15.2 Å². The summed E-state index contributed by atoms with van der Waals surface area (Å²) in [5.74, 6) is 0.153. The van der Waals surface area contributed by atoms with Gasteiger partial charge in [-0.15, -0.1) is 0 Å². The van der Waals surface area contributed by atoms with E-state index in [2.05, 4.69) is 10.3 Å². The maximum absolute atomic E-state index is 11.9. The van der Waals surface area contributed by atoms with Crippen LogP contribution < -0.4 is 15.3 Å². The Morgan fingerprint density at radius 2 is 2.05 bits per heavy atom. The highest BCUT2D eigenvalue weighted by molar-refractivity contribution is 5.97. The minimum atomic E-state index is -0.316. The van der Waals surface area contributed by atoms with Gasteiger partial charge in [0.1, 0.15) is 11.5 Å². The van der Waals surface area contributed by atoms with Crippen molar-refractivity contribution >= 4 is 23.3 Å². The van der Waals surface area contributed by atoms with Gasteiger partial charge in [-0.1, -0.05) is 6.42 Å². The monoisotopic (exact) mass is 306 g/mol. The summed E-state index contributed by atoms with van der Waals surface area (Å²) >= 11 is 0. The number of nitrogens with zero attached hydrogens (tertiary/aromatic N) is 2. The first-order valence-electron chi connectivity index (χ1n) is 7.52. The number of imide groups is 1. The lowest BCUT2D eigenvalue weighted by Crippen LogP contribution is -2.98. The highest BCUT2D eigenvalue weighted by atomic mass is 16.5. The molecule has 2 rings (SSSR count). The Labute approximate surface area is 129 Å². The zero-order valence-electron chi connectivity index (χ0n) is 13.0. The van der Waals surface area contributed by atoms with Crippen LogP contribution in [0.4, 0.5) is 11.5 Å². The van der Waals surface area contributed by atoms with Crippen LogP contribution in [-0.2, 0) is 9.59 Å². The van der Waals surface area contributed by atoms with Crippen LogP contribution in [0.15, 0.2) is 12.3 Å². The molecule has 22 heavy (non-hydrogen) atoms. The summed E-state index contributed by atoms with van der Waals surface area (Å²) < 4.78 is 0. The third-order valence-corrected chi connectivity index (χ3v) is 3.70. The number of carbonyl (C=O) groups excluding carboxylic acids is 2. The molecule has 2 amide bonds. The summed E-state index contributed by atoms with van der Waals surface area (Å²) in [6.45, 7) is 2.67. The van der Waals surface area contributed by atoms with E-state index in [9.17, 15) is 14.8 Å². The molecule has 0 radical (unpaired) electrons. The summed E-state index contributed by atoms with van der Waals surface area (Å²) in [5, 5.41) is 13.8. The minimum Gasteiger partial charge on any atom is -0.629 e. The number of hydroxylamine groups is 1. The smallest absolute Gasteiger partial charge is 0.246 e. The number of rotatable bonds is 2. The SMILES string of the molecule is Cc1cc([NH+](C)[O-])cnc1N1CCCCCC(=O)NC(=O)C1.